The van der Waals surface area contributed by atoms with Crippen molar-refractivity contribution in [1.29, 1.82) is 0 Å². The molecule has 1 N–H and O–H groups in total. The molecule has 0 saturated carbocycles. The molecule has 2 aromatic heterocycles. The van der Waals surface area contributed by atoms with E-state index in [1.54, 1.807) is 0 Å². The molecule has 0 bridgehead atoms. The lowest BCUT2D eigenvalue weighted by atomic mass is 10.1. The zero-order chi connectivity index (χ0) is 15.4. The molecule has 0 spiro atoms. The number of aromatic carboxylic acids is 1. The van der Waals surface area contributed by atoms with E-state index in [0.29, 0.717) is 29.7 Å². The van der Waals surface area contributed by atoms with Gasteiger partial charge in [-0.3, -0.25) is 0 Å². The normalized spacial score (nSPS) is 11.2. The summed E-state index contributed by atoms with van der Waals surface area (Å²) >= 11 is 0. The van der Waals surface area contributed by atoms with Gasteiger partial charge in [-0.15, -0.1) is 5.10 Å². The predicted octanol–water partition coefficient (Wildman–Crippen LogP) is 1.56. The van der Waals surface area contributed by atoms with E-state index < -0.39 is 5.97 Å². The zero-order valence-electron chi connectivity index (χ0n) is 12.4. The second-order valence-corrected chi connectivity index (χ2v) is 5.30. The van der Waals surface area contributed by atoms with Gasteiger partial charge in [-0.1, -0.05) is 31.1 Å². The third kappa shape index (κ3) is 3.65. The zero-order valence-corrected chi connectivity index (χ0v) is 12.4. The molecular weight excluding hydrogens is 274 g/mol. The molecule has 0 amide bonds. The van der Waals surface area contributed by atoms with Crippen molar-refractivity contribution in [2.75, 3.05) is 0 Å². The van der Waals surface area contributed by atoms with Gasteiger partial charge in [0.2, 0.25) is 5.89 Å². The van der Waals surface area contributed by atoms with Crippen LogP contribution in [0.2, 0.25) is 0 Å². The first-order chi connectivity index (χ1) is 10.0. The third-order valence-electron chi connectivity index (χ3n) is 2.91. The number of aryl methyl sites for hydroxylation is 1. The Balaban J connectivity index is 2.23. The van der Waals surface area contributed by atoms with Crippen molar-refractivity contribution in [2.24, 2.45) is 5.92 Å². The fourth-order valence-electron chi connectivity index (χ4n) is 2.02. The van der Waals surface area contributed by atoms with E-state index in [9.17, 15) is 4.79 Å². The molecule has 0 unspecified atom stereocenters. The molecule has 21 heavy (non-hydrogen) atoms. The van der Waals surface area contributed by atoms with Crippen molar-refractivity contribution in [3.05, 3.63) is 23.1 Å². The van der Waals surface area contributed by atoms with Crippen LogP contribution >= 0.6 is 0 Å². The van der Waals surface area contributed by atoms with Crippen LogP contribution in [0, 0.1) is 5.92 Å². The van der Waals surface area contributed by atoms with Crippen LogP contribution < -0.4 is 0 Å². The van der Waals surface area contributed by atoms with E-state index >= 15 is 0 Å². The van der Waals surface area contributed by atoms with Gasteiger partial charge in [-0.2, -0.15) is 4.98 Å². The van der Waals surface area contributed by atoms with Gasteiger partial charge in [0.05, 0.1) is 5.69 Å². The topological polar surface area (TPSA) is 107 Å². The van der Waals surface area contributed by atoms with Crippen molar-refractivity contribution in [2.45, 2.75) is 46.6 Å². The van der Waals surface area contributed by atoms with Crippen molar-refractivity contribution in [3.63, 3.8) is 0 Å². The second kappa shape index (κ2) is 6.47. The number of hydrogen-bond donors (Lipinski definition) is 1. The fourth-order valence-corrected chi connectivity index (χ4v) is 2.02. The Kier molecular flexibility index (Phi) is 4.66. The van der Waals surface area contributed by atoms with Crippen molar-refractivity contribution in [3.8, 4) is 0 Å². The molecular formula is C13H19N5O3. The Morgan fingerprint density at radius 3 is 2.81 bits per heavy atom. The molecule has 8 nitrogen and oxygen atoms in total. The van der Waals surface area contributed by atoms with Crippen LogP contribution in [0.25, 0.3) is 0 Å². The summed E-state index contributed by atoms with van der Waals surface area (Å²) in [7, 11) is 0. The summed E-state index contributed by atoms with van der Waals surface area (Å²) in [5.41, 5.74) is 0.570. The Hall–Kier alpha value is -2.25. The van der Waals surface area contributed by atoms with Crippen molar-refractivity contribution < 1.29 is 14.4 Å². The summed E-state index contributed by atoms with van der Waals surface area (Å²) in [5, 5.41) is 20.7. The summed E-state index contributed by atoms with van der Waals surface area (Å²) in [6, 6.07) is 0. The van der Waals surface area contributed by atoms with Gasteiger partial charge in [-0.25, -0.2) is 9.48 Å². The molecule has 0 radical (unpaired) electrons. The smallest absolute Gasteiger partial charge is 0.358 e. The number of carboxylic acids is 1. The van der Waals surface area contributed by atoms with E-state index in [0.717, 1.165) is 12.8 Å². The van der Waals surface area contributed by atoms with Crippen LogP contribution in [-0.4, -0.2) is 36.2 Å². The molecule has 0 aliphatic carbocycles. The second-order valence-electron chi connectivity index (χ2n) is 5.30. The van der Waals surface area contributed by atoms with E-state index in [4.69, 9.17) is 9.63 Å². The summed E-state index contributed by atoms with van der Waals surface area (Å²) in [5.74, 6) is 0.278. The van der Waals surface area contributed by atoms with Crippen LogP contribution in [0.1, 0.15) is 55.1 Å². The highest BCUT2D eigenvalue weighted by Crippen LogP contribution is 2.13. The third-order valence-corrected chi connectivity index (χ3v) is 2.91. The molecule has 2 heterocycles. The predicted molar refractivity (Wildman–Crippen MR) is 72.9 cm³/mol. The quantitative estimate of drug-likeness (QED) is 0.825. The molecule has 0 aliphatic rings. The Labute approximate surface area is 122 Å². The minimum Gasteiger partial charge on any atom is -0.476 e. The Bertz CT molecular complexity index is 617. The Morgan fingerprint density at radius 1 is 1.43 bits per heavy atom. The van der Waals surface area contributed by atoms with Crippen LogP contribution in [0.3, 0.4) is 0 Å². The molecule has 0 aliphatic heterocycles. The number of nitrogens with zero attached hydrogens (tertiary/aromatic N) is 5. The van der Waals surface area contributed by atoms with E-state index in [2.05, 4.69) is 20.5 Å². The molecule has 2 rings (SSSR count). The SMILES string of the molecule is CCCc1nc(Cn2nnc(C(=O)O)c2CC(C)C)no1. The molecule has 0 atom stereocenters. The van der Waals surface area contributed by atoms with Gasteiger partial charge in [0, 0.05) is 6.42 Å². The van der Waals surface area contributed by atoms with Crippen molar-refractivity contribution >= 4 is 5.97 Å². The lowest BCUT2D eigenvalue weighted by Gasteiger charge is -2.07. The highest BCUT2D eigenvalue weighted by Gasteiger charge is 2.21. The Morgan fingerprint density at radius 2 is 2.19 bits per heavy atom. The number of rotatable bonds is 7. The summed E-state index contributed by atoms with van der Waals surface area (Å²) in [6.07, 6.45) is 2.23. The minimum atomic E-state index is -1.07. The average molecular weight is 293 g/mol. The number of aromatic nitrogens is 5. The van der Waals surface area contributed by atoms with Gasteiger partial charge in [0.1, 0.15) is 6.54 Å². The standard InChI is InChI=1S/C13H19N5O3/c1-4-5-11-14-10(16-21-11)7-18-9(6-8(2)3)12(13(19)20)15-17-18/h8H,4-7H2,1-3H3,(H,19,20). The monoisotopic (exact) mass is 293 g/mol. The van der Waals surface area contributed by atoms with Gasteiger partial charge in [0.15, 0.2) is 11.5 Å². The molecule has 0 saturated heterocycles. The first kappa shape index (κ1) is 15.1. The molecule has 8 heteroatoms. The van der Waals surface area contributed by atoms with E-state index in [-0.39, 0.29) is 12.2 Å². The number of carbonyl (C=O) groups is 1. The van der Waals surface area contributed by atoms with Crippen LogP contribution in [0.5, 0.6) is 0 Å². The van der Waals surface area contributed by atoms with Gasteiger partial charge in [-0.05, 0) is 18.8 Å². The molecule has 0 aromatic carbocycles. The van der Waals surface area contributed by atoms with Gasteiger partial charge in [0.25, 0.3) is 0 Å². The highest BCUT2D eigenvalue weighted by molar-refractivity contribution is 5.86. The van der Waals surface area contributed by atoms with Gasteiger partial charge >= 0.3 is 5.97 Å². The van der Waals surface area contributed by atoms with Crippen LogP contribution in [0.4, 0.5) is 0 Å². The van der Waals surface area contributed by atoms with Crippen LogP contribution in [-0.2, 0) is 19.4 Å². The van der Waals surface area contributed by atoms with E-state index in [1.807, 2.05) is 20.8 Å². The van der Waals surface area contributed by atoms with Crippen molar-refractivity contribution in [1.82, 2.24) is 25.1 Å². The van der Waals surface area contributed by atoms with Gasteiger partial charge < -0.3 is 9.63 Å². The molecule has 114 valence electrons. The molecule has 2 aromatic rings. The highest BCUT2D eigenvalue weighted by atomic mass is 16.5. The maximum absolute atomic E-state index is 11.2. The minimum absolute atomic E-state index is 0.0130. The summed E-state index contributed by atoms with van der Waals surface area (Å²) < 4.78 is 6.65. The summed E-state index contributed by atoms with van der Waals surface area (Å²) in [6.45, 7) is 6.31. The fraction of sp³-hybridized carbons (Fsp3) is 0.615. The maximum atomic E-state index is 11.2. The maximum Gasteiger partial charge on any atom is 0.358 e. The first-order valence-corrected chi connectivity index (χ1v) is 6.98. The lowest BCUT2D eigenvalue weighted by Crippen LogP contribution is -2.12. The van der Waals surface area contributed by atoms with E-state index in [1.165, 1.54) is 4.68 Å². The molecule has 0 fully saturated rings. The first-order valence-electron chi connectivity index (χ1n) is 6.98. The number of carboxylic acid groups (broad SMARTS) is 1. The average Bonchev–Trinajstić information content (AvgIpc) is 2.98. The largest absolute Gasteiger partial charge is 0.476 e. The summed E-state index contributed by atoms with van der Waals surface area (Å²) in [4.78, 5) is 15.4. The number of hydrogen-bond acceptors (Lipinski definition) is 6. The van der Waals surface area contributed by atoms with Crippen LogP contribution in [0.15, 0.2) is 4.52 Å². The lowest BCUT2D eigenvalue weighted by molar-refractivity contribution is 0.0689.